The zero-order valence-corrected chi connectivity index (χ0v) is 8.13. The normalized spacial score (nSPS) is 15.6. The Labute approximate surface area is 74.2 Å². The number of rotatable bonds is 6. The minimum Gasteiger partial charge on any atom is -0.480 e. The van der Waals surface area contributed by atoms with Crippen LogP contribution in [0.2, 0.25) is 0 Å². The zero-order valence-electron chi connectivity index (χ0n) is 8.13. The van der Waals surface area contributed by atoms with Gasteiger partial charge in [-0.1, -0.05) is 20.3 Å². The van der Waals surface area contributed by atoms with Crippen molar-refractivity contribution in [2.24, 2.45) is 5.92 Å². The Kier molecular flexibility index (Phi) is 5.72. The monoisotopic (exact) mass is 173 g/mol. The first-order valence-corrected chi connectivity index (χ1v) is 4.54. The molecule has 12 heavy (non-hydrogen) atoms. The average molecular weight is 173 g/mol. The summed E-state index contributed by atoms with van der Waals surface area (Å²) in [7, 11) is 0. The molecule has 0 aromatic carbocycles. The maximum absolute atomic E-state index is 10.4. The van der Waals surface area contributed by atoms with E-state index in [1.807, 2.05) is 0 Å². The van der Waals surface area contributed by atoms with Crippen LogP contribution in [0.4, 0.5) is 0 Å². The van der Waals surface area contributed by atoms with E-state index >= 15 is 0 Å². The van der Waals surface area contributed by atoms with E-state index < -0.39 is 12.0 Å². The van der Waals surface area contributed by atoms with Crippen LogP contribution >= 0.6 is 0 Å². The summed E-state index contributed by atoms with van der Waals surface area (Å²) >= 11 is 0. The topological polar surface area (TPSA) is 49.3 Å². The van der Waals surface area contributed by atoms with Crippen LogP contribution in [0.1, 0.15) is 33.6 Å². The molecule has 72 valence electrons. The Morgan fingerprint density at radius 3 is 2.50 bits per heavy atom. The fourth-order valence-corrected chi connectivity index (χ4v) is 1.06. The lowest BCUT2D eigenvalue weighted by Crippen LogP contribution is -2.36. The SMILES string of the molecule is CCCC(C)CN[C@@H](C)C(=O)O. The van der Waals surface area contributed by atoms with E-state index in [-0.39, 0.29) is 0 Å². The predicted octanol–water partition coefficient (Wildman–Crippen LogP) is 1.49. The van der Waals surface area contributed by atoms with Gasteiger partial charge in [-0.2, -0.15) is 0 Å². The van der Waals surface area contributed by atoms with Crippen LogP contribution in [-0.4, -0.2) is 23.7 Å². The lowest BCUT2D eigenvalue weighted by Gasteiger charge is -2.13. The number of carbonyl (C=O) groups is 1. The number of nitrogens with one attached hydrogen (secondary N) is 1. The summed E-state index contributed by atoms with van der Waals surface area (Å²) in [5.74, 6) is -0.213. The van der Waals surface area contributed by atoms with Crippen molar-refractivity contribution in [2.45, 2.75) is 39.7 Å². The summed E-state index contributed by atoms with van der Waals surface area (Å²) in [5.41, 5.74) is 0. The largest absolute Gasteiger partial charge is 0.480 e. The molecule has 0 rings (SSSR count). The van der Waals surface area contributed by atoms with Gasteiger partial charge in [-0.05, 0) is 25.8 Å². The Hall–Kier alpha value is -0.570. The van der Waals surface area contributed by atoms with Gasteiger partial charge in [-0.15, -0.1) is 0 Å². The lowest BCUT2D eigenvalue weighted by atomic mass is 10.1. The molecule has 0 aliphatic heterocycles. The third-order valence-electron chi connectivity index (χ3n) is 1.92. The first-order chi connectivity index (χ1) is 5.57. The molecule has 0 bridgehead atoms. The second kappa shape index (κ2) is 6.00. The van der Waals surface area contributed by atoms with Crippen molar-refractivity contribution in [3.8, 4) is 0 Å². The van der Waals surface area contributed by atoms with Crippen LogP contribution in [0.25, 0.3) is 0 Å². The van der Waals surface area contributed by atoms with Gasteiger partial charge in [0.1, 0.15) is 6.04 Å². The van der Waals surface area contributed by atoms with E-state index in [0.29, 0.717) is 5.92 Å². The van der Waals surface area contributed by atoms with Crippen LogP contribution in [0, 0.1) is 5.92 Å². The first-order valence-electron chi connectivity index (χ1n) is 4.54. The van der Waals surface area contributed by atoms with Crippen molar-refractivity contribution in [1.82, 2.24) is 5.32 Å². The van der Waals surface area contributed by atoms with Crippen molar-refractivity contribution in [3.63, 3.8) is 0 Å². The molecular formula is C9H19NO2. The van der Waals surface area contributed by atoms with Crippen LogP contribution < -0.4 is 5.32 Å². The molecular weight excluding hydrogens is 154 g/mol. The van der Waals surface area contributed by atoms with Crippen molar-refractivity contribution in [3.05, 3.63) is 0 Å². The van der Waals surface area contributed by atoms with Gasteiger partial charge in [-0.25, -0.2) is 0 Å². The molecule has 0 aromatic heterocycles. The van der Waals surface area contributed by atoms with E-state index in [2.05, 4.69) is 19.2 Å². The van der Waals surface area contributed by atoms with Crippen LogP contribution in [0.15, 0.2) is 0 Å². The Morgan fingerprint density at radius 2 is 2.08 bits per heavy atom. The highest BCUT2D eigenvalue weighted by atomic mass is 16.4. The third kappa shape index (κ3) is 5.13. The van der Waals surface area contributed by atoms with Gasteiger partial charge < -0.3 is 10.4 Å². The third-order valence-corrected chi connectivity index (χ3v) is 1.92. The van der Waals surface area contributed by atoms with Gasteiger partial charge in [0.2, 0.25) is 0 Å². The van der Waals surface area contributed by atoms with Gasteiger partial charge >= 0.3 is 5.97 Å². The minimum absolute atomic E-state index is 0.427. The molecule has 3 heteroatoms. The fourth-order valence-electron chi connectivity index (χ4n) is 1.06. The molecule has 0 spiro atoms. The van der Waals surface area contributed by atoms with Crippen LogP contribution in [0.5, 0.6) is 0 Å². The summed E-state index contributed by atoms with van der Waals surface area (Å²) in [5, 5.41) is 11.5. The van der Waals surface area contributed by atoms with Gasteiger partial charge in [0.05, 0.1) is 0 Å². The number of aliphatic carboxylic acids is 1. The van der Waals surface area contributed by atoms with E-state index in [9.17, 15) is 4.79 Å². The number of hydrogen-bond acceptors (Lipinski definition) is 2. The minimum atomic E-state index is -0.779. The van der Waals surface area contributed by atoms with Gasteiger partial charge in [0.15, 0.2) is 0 Å². The number of carboxylic acid groups (broad SMARTS) is 1. The second-order valence-corrected chi connectivity index (χ2v) is 3.36. The Balaban J connectivity index is 3.46. The lowest BCUT2D eigenvalue weighted by molar-refractivity contribution is -0.139. The molecule has 0 saturated heterocycles. The standard InChI is InChI=1S/C9H19NO2/c1-4-5-7(2)6-10-8(3)9(11)12/h7-8,10H,4-6H2,1-3H3,(H,11,12)/t7?,8-/m0/s1. The molecule has 0 amide bonds. The fraction of sp³-hybridized carbons (Fsp3) is 0.889. The highest BCUT2D eigenvalue weighted by molar-refractivity contribution is 5.72. The Bertz CT molecular complexity index is 136. The molecule has 3 nitrogen and oxygen atoms in total. The van der Waals surface area contributed by atoms with Crippen LogP contribution in [0.3, 0.4) is 0 Å². The van der Waals surface area contributed by atoms with Crippen molar-refractivity contribution in [2.75, 3.05) is 6.54 Å². The molecule has 0 fully saturated rings. The maximum Gasteiger partial charge on any atom is 0.320 e. The Morgan fingerprint density at radius 1 is 1.50 bits per heavy atom. The van der Waals surface area contributed by atoms with Gasteiger partial charge in [0.25, 0.3) is 0 Å². The summed E-state index contributed by atoms with van der Waals surface area (Å²) in [4.78, 5) is 10.4. The smallest absolute Gasteiger partial charge is 0.320 e. The molecule has 1 unspecified atom stereocenters. The van der Waals surface area contributed by atoms with E-state index in [1.165, 1.54) is 0 Å². The number of hydrogen-bond donors (Lipinski definition) is 2. The van der Waals surface area contributed by atoms with Crippen LogP contribution in [-0.2, 0) is 4.79 Å². The summed E-state index contributed by atoms with van der Waals surface area (Å²) < 4.78 is 0. The zero-order chi connectivity index (χ0) is 9.56. The van der Waals surface area contributed by atoms with E-state index in [1.54, 1.807) is 6.92 Å². The molecule has 0 aliphatic carbocycles. The molecule has 0 aromatic rings. The van der Waals surface area contributed by atoms with Crippen molar-refractivity contribution < 1.29 is 9.90 Å². The van der Waals surface area contributed by atoms with Gasteiger partial charge in [-0.3, -0.25) is 4.79 Å². The summed E-state index contributed by atoms with van der Waals surface area (Å²) in [6.07, 6.45) is 2.31. The molecule has 0 aliphatic rings. The highest BCUT2D eigenvalue weighted by Crippen LogP contribution is 2.02. The first kappa shape index (κ1) is 11.4. The van der Waals surface area contributed by atoms with Gasteiger partial charge in [0, 0.05) is 0 Å². The second-order valence-electron chi connectivity index (χ2n) is 3.36. The highest BCUT2D eigenvalue weighted by Gasteiger charge is 2.10. The molecule has 0 heterocycles. The number of carboxylic acids is 1. The predicted molar refractivity (Wildman–Crippen MR) is 49.2 cm³/mol. The quantitative estimate of drug-likeness (QED) is 0.639. The molecule has 0 saturated carbocycles. The molecule has 2 N–H and O–H groups in total. The van der Waals surface area contributed by atoms with Crippen molar-refractivity contribution in [1.29, 1.82) is 0 Å². The van der Waals surface area contributed by atoms with Crippen molar-refractivity contribution >= 4 is 5.97 Å². The summed E-state index contributed by atoms with van der Waals surface area (Å²) in [6.45, 7) is 6.73. The molecule has 2 atom stereocenters. The average Bonchev–Trinajstić information content (AvgIpc) is 2.00. The molecule has 0 radical (unpaired) electrons. The van der Waals surface area contributed by atoms with E-state index in [0.717, 1.165) is 19.4 Å². The maximum atomic E-state index is 10.4. The van der Waals surface area contributed by atoms with E-state index in [4.69, 9.17) is 5.11 Å². The summed E-state index contributed by atoms with van der Waals surface area (Å²) in [6, 6.07) is -0.427.